The molecule has 4 heterocycles. The van der Waals surface area contributed by atoms with Gasteiger partial charge in [-0.3, -0.25) is 4.90 Å². The molecule has 29 heavy (non-hydrogen) atoms. The average molecular weight is 408 g/mol. The van der Waals surface area contributed by atoms with E-state index in [4.69, 9.17) is 9.72 Å². The Bertz CT molecular complexity index is 1210. The third kappa shape index (κ3) is 3.18. The zero-order valence-corrected chi connectivity index (χ0v) is 18.1. The van der Waals surface area contributed by atoms with Gasteiger partial charge >= 0.3 is 0 Å². The summed E-state index contributed by atoms with van der Waals surface area (Å²) < 4.78 is 7.81. The van der Waals surface area contributed by atoms with Crippen molar-refractivity contribution in [2.24, 2.45) is 0 Å². The third-order valence-corrected chi connectivity index (χ3v) is 7.02. The second-order valence-electron chi connectivity index (χ2n) is 8.03. The van der Waals surface area contributed by atoms with Gasteiger partial charge in [-0.1, -0.05) is 12.1 Å². The van der Waals surface area contributed by atoms with Gasteiger partial charge in [0, 0.05) is 24.0 Å². The van der Waals surface area contributed by atoms with Crippen LogP contribution in [-0.4, -0.2) is 37.1 Å². The first-order chi connectivity index (χ1) is 14.0. The van der Waals surface area contributed by atoms with E-state index in [1.807, 2.05) is 12.1 Å². The molecule has 0 unspecified atom stereocenters. The molecule has 0 bridgehead atoms. The van der Waals surface area contributed by atoms with Crippen LogP contribution in [0.5, 0.6) is 5.75 Å². The zero-order chi connectivity index (χ0) is 20.1. The maximum atomic E-state index is 6.02. The van der Waals surface area contributed by atoms with Crippen molar-refractivity contribution in [1.29, 1.82) is 0 Å². The number of benzene rings is 1. The Balaban J connectivity index is 1.49. The van der Waals surface area contributed by atoms with Gasteiger partial charge in [-0.05, 0) is 56.9 Å². The van der Waals surface area contributed by atoms with Crippen LogP contribution in [0.2, 0.25) is 0 Å². The van der Waals surface area contributed by atoms with Crippen LogP contribution in [0.3, 0.4) is 0 Å². The predicted molar refractivity (Wildman–Crippen MR) is 116 cm³/mol. The van der Waals surface area contributed by atoms with Crippen molar-refractivity contribution in [2.45, 2.75) is 53.3 Å². The van der Waals surface area contributed by atoms with Crippen molar-refractivity contribution >= 4 is 27.2 Å². The molecule has 5 rings (SSSR count). The van der Waals surface area contributed by atoms with E-state index in [0.717, 1.165) is 41.3 Å². The van der Waals surface area contributed by atoms with E-state index in [-0.39, 0.29) is 0 Å². The molecule has 0 fully saturated rings. The van der Waals surface area contributed by atoms with Crippen LogP contribution in [0.1, 0.15) is 41.2 Å². The summed E-state index contributed by atoms with van der Waals surface area (Å²) in [6, 6.07) is 6.66. The average Bonchev–Trinajstić information content (AvgIpc) is 3.28. The SMILES string of the molecule is Cc1cccc(OCc2nc3c4c5c(sc4ncn3n2)CN(C(C)C)CC5)c1C. The summed E-state index contributed by atoms with van der Waals surface area (Å²) in [5.74, 6) is 1.56. The molecule has 150 valence electrons. The molecule has 1 aromatic carbocycles. The molecule has 6 nitrogen and oxygen atoms in total. The van der Waals surface area contributed by atoms with Crippen LogP contribution >= 0.6 is 11.3 Å². The lowest BCUT2D eigenvalue weighted by molar-refractivity contribution is 0.206. The number of hydrogen-bond donors (Lipinski definition) is 0. The highest BCUT2D eigenvalue weighted by atomic mass is 32.1. The highest BCUT2D eigenvalue weighted by molar-refractivity contribution is 7.19. The van der Waals surface area contributed by atoms with Gasteiger partial charge in [0.15, 0.2) is 11.5 Å². The Hall–Kier alpha value is -2.51. The first kappa shape index (κ1) is 18.5. The van der Waals surface area contributed by atoms with Crippen LogP contribution in [0, 0.1) is 13.8 Å². The smallest absolute Gasteiger partial charge is 0.189 e. The molecule has 4 aromatic rings. The van der Waals surface area contributed by atoms with Crippen molar-refractivity contribution < 1.29 is 4.74 Å². The molecule has 0 saturated heterocycles. The number of rotatable bonds is 4. The molecule has 1 aliphatic rings. The lowest BCUT2D eigenvalue weighted by Gasteiger charge is -2.30. The lowest BCUT2D eigenvalue weighted by Crippen LogP contribution is -2.35. The number of aryl methyl sites for hydroxylation is 1. The van der Waals surface area contributed by atoms with Crippen LogP contribution in [0.15, 0.2) is 24.5 Å². The van der Waals surface area contributed by atoms with Gasteiger partial charge in [0.1, 0.15) is 23.5 Å². The van der Waals surface area contributed by atoms with Gasteiger partial charge in [0.05, 0.1) is 5.39 Å². The minimum atomic E-state index is 0.348. The van der Waals surface area contributed by atoms with Crippen molar-refractivity contribution in [2.75, 3.05) is 6.54 Å². The van der Waals surface area contributed by atoms with E-state index in [0.29, 0.717) is 18.5 Å². The van der Waals surface area contributed by atoms with Crippen LogP contribution in [0.4, 0.5) is 0 Å². The number of ether oxygens (including phenoxy) is 1. The summed E-state index contributed by atoms with van der Waals surface area (Å²) in [6.45, 7) is 11.1. The minimum absolute atomic E-state index is 0.348. The van der Waals surface area contributed by atoms with Gasteiger partial charge in [0.25, 0.3) is 0 Å². The first-order valence-corrected chi connectivity index (χ1v) is 10.9. The largest absolute Gasteiger partial charge is 0.485 e. The van der Waals surface area contributed by atoms with Crippen molar-refractivity contribution in [3.63, 3.8) is 0 Å². The lowest BCUT2D eigenvalue weighted by atomic mass is 10.0. The van der Waals surface area contributed by atoms with Crippen LogP contribution in [-0.2, 0) is 19.6 Å². The fourth-order valence-corrected chi connectivity index (χ4v) is 5.19. The minimum Gasteiger partial charge on any atom is -0.485 e. The molecular formula is C22H25N5OS. The summed E-state index contributed by atoms with van der Waals surface area (Å²) >= 11 is 1.79. The molecule has 1 aliphatic heterocycles. The second kappa shape index (κ2) is 7.07. The summed E-state index contributed by atoms with van der Waals surface area (Å²) in [6.07, 6.45) is 2.81. The fraction of sp³-hybridized carbons (Fsp3) is 0.409. The Morgan fingerprint density at radius 3 is 2.93 bits per heavy atom. The molecule has 0 N–H and O–H groups in total. The van der Waals surface area contributed by atoms with E-state index in [2.05, 4.69) is 48.7 Å². The van der Waals surface area contributed by atoms with E-state index in [9.17, 15) is 0 Å². The number of hydrogen-bond acceptors (Lipinski definition) is 6. The molecular weight excluding hydrogens is 382 g/mol. The maximum Gasteiger partial charge on any atom is 0.189 e. The second-order valence-corrected chi connectivity index (χ2v) is 9.11. The number of aromatic nitrogens is 4. The zero-order valence-electron chi connectivity index (χ0n) is 17.3. The Morgan fingerprint density at radius 1 is 1.24 bits per heavy atom. The standard InChI is InChI=1S/C22H25N5OS/c1-13(2)26-9-8-16-18(10-26)29-22-20(16)21-24-19(25-27(21)12-23-22)11-28-17-7-5-6-14(3)15(17)4/h5-7,12-13H,8-11H2,1-4H3. The van der Waals surface area contributed by atoms with E-state index < -0.39 is 0 Å². The van der Waals surface area contributed by atoms with Gasteiger partial charge in [0.2, 0.25) is 0 Å². The summed E-state index contributed by atoms with van der Waals surface area (Å²) in [4.78, 5) is 14.5. The third-order valence-electron chi connectivity index (χ3n) is 5.89. The number of nitrogens with zero attached hydrogens (tertiary/aromatic N) is 5. The normalized spacial score (nSPS) is 14.8. The maximum absolute atomic E-state index is 6.02. The summed E-state index contributed by atoms with van der Waals surface area (Å²) in [5.41, 5.74) is 4.66. The number of fused-ring (bicyclic) bond motifs is 5. The molecule has 7 heteroatoms. The van der Waals surface area contributed by atoms with Gasteiger partial charge in [-0.25, -0.2) is 14.5 Å². The topological polar surface area (TPSA) is 55.6 Å². The predicted octanol–water partition coefficient (Wildman–Crippen LogP) is 4.30. The molecule has 3 aromatic heterocycles. The Morgan fingerprint density at radius 2 is 2.10 bits per heavy atom. The van der Waals surface area contributed by atoms with Gasteiger partial charge < -0.3 is 4.74 Å². The highest BCUT2D eigenvalue weighted by Gasteiger charge is 2.25. The fourth-order valence-electron chi connectivity index (χ4n) is 3.98. The summed E-state index contributed by atoms with van der Waals surface area (Å²) in [5, 5.41) is 5.78. The van der Waals surface area contributed by atoms with Crippen molar-refractivity contribution in [1.82, 2.24) is 24.5 Å². The molecule has 0 amide bonds. The summed E-state index contributed by atoms with van der Waals surface area (Å²) in [7, 11) is 0. The van der Waals surface area contributed by atoms with Crippen LogP contribution < -0.4 is 4.74 Å². The van der Waals surface area contributed by atoms with Gasteiger partial charge in [-0.15, -0.1) is 16.4 Å². The quantitative estimate of drug-likeness (QED) is 0.505. The van der Waals surface area contributed by atoms with Crippen molar-refractivity contribution in [3.8, 4) is 5.75 Å². The van der Waals surface area contributed by atoms with Gasteiger partial charge in [-0.2, -0.15) is 0 Å². The van der Waals surface area contributed by atoms with E-state index >= 15 is 0 Å². The molecule has 0 spiro atoms. The molecule has 0 atom stereocenters. The Labute approximate surface area is 174 Å². The highest BCUT2D eigenvalue weighted by Crippen LogP contribution is 2.36. The number of thiophene rings is 1. The molecule has 0 saturated carbocycles. The first-order valence-electron chi connectivity index (χ1n) is 10.1. The molecule has 0 radical (unpaired) electrons. The van der Waals surface area contributed by atoms with Crippen molar-refractivity contribution in [3.05, 3.63) is 51.9 Å². The monoisotopic (exact) mass is 407 g/mol. The van der Waals surface area contributed by atoms with Crippen LogP contribution in [0.25, 0.3) is 15.9 Å². The van der Waals surface area contributed by atoms with E-state index in [1.54, 1.807) is 22.2 Å². The molecule has 0 aliphatic carbocycles. The Kier molecular flexibility index (Phi) is 4.52. The van der Waals surface area contributed by atoms with E-state index in [1.165, 1.54) is 21.4 Å².